The van der Waals surface area contributed by atoms with Gasteiger partial charge in [0.2, 0.25) is 0 Å². The van der Waals surface area contributed by atoms with Crippen LogP contribution in [-0.2, 0) is 9.53 Å². The maximum absolute atomic E-state index is 11.4. The molecule has 0 spiro atoms. The number of ether oxygens (including phenoxy) is 1. The number of hydroxylamine groups is 2. The lowest BCUT2D eigenvalue weighted by atomic mass is 10.2. The highest BCUT2D eigenvalue weighted by Gasteiger charge is 2.16. The molecule has 0 saturated carbocycles. The van der Waals surface area contributed by atoms with Gasteiger partial charge in [-0.05, 0) is 20.8 Å². The zero-order valence-electron chi connectivity index (χ0n) is 9.50. The third-order valence-corrected chi connectivity index (χ3v) is 2.11. The van der Waals surface area contributed by atoms with Gasteiger partial charge in [0.25, 0.3) is 0 Å². The van der Waals surface area contributed by atoms with Crippen LogP contribution >= 0.6 is 0 Å². The summed E-state index contributed by atoms with van der Waals surface area (Å²) in [6.45, 7) is 8.04. The van der Waals surface area contributed by atoms with Crippen molar-refractivity contribution in [3.8, 4) is 0 Å². The first-order chi connectivity index (χ1) is 6.49. The topological polar surface area (TPSA) is 53.8 Å². The second-order valence-electron chi connectivity index (χ2n) is 3.68. The minimum absolute atomic E-state index is 0.0135. The highest BCUT2D eigenvalue weighted by Crippen LogP contribution is 1.87. The average Bonchev–Trinajstić information content (AvgIpc) is 2.14. The molecule has 0 aromatic carbocycles. The van der Waals surface area contributed by atoms with E-state index in [-0.39, 0.29) is 17.0 Å². The summed E-state index contributed by atoms with van der Waals surface area (Å²) in [7, 11) is 0. The molecule has 0 amide bonds. The number of quaternary nitrogens is 1. The van der Waals surface area contributed by atoms with E-state index in [1.807, 2.05) is 13.8 Å². The summed E-state index contributed by atoms with van der Waals surface area (Å²) in [5, 5.41) is 11.4. The Morgan fingerprint density at radius 1 is 1.43 bits per heavy atom. The van der Waals surface area contributed by atoms with Crippen LogP contribution in [0, 0.1) is 5.21 Å². The maximum Gasteiger partial charge on any atom is 0.189 e. The Morgan fingerprint density at radius 2 is 2.00 bits per heavy atom. The molecule has 0 saturated heterocycles. The molecule has 14 heavy (non-hydrogen) atoms. The molecule has 0 bridgehead atoms. The van der Waals surface area contributed by atoms with E-state index in [1.54, 1.807) is 13.8 Å². The van der Waals surface area contributed by atoms with E-state index in [1.165, 1.54) is 0 Å². The maximum atomic E-state index is 11.4. The Kier molecular flexibility index (Phi) is 6.70. The third-order valence-electron chi connectivity index (χ3n) is 2.11. The Labute approximate surface area is 85.8 Å². The first-order valence-corrected chi connectivity index (χ1v) is 5.16. The Balaban J connectivity index is 3.72. The third kappa shape index (κ3) is 5.32. The smallest absolute Gasteiger partial charge is 0.189 e. The Hall–Kier alpha value is -0.450. The predicted octanol–water partition coefficient (Wildman–Crippen LogP) is 0.162. The summed E-state index contributed by atoms with van der Waals surface area (Å²) in [6.07, 6.45) is 0.567. The van der Waals surface area contributed by atoms with Crippen LogP contribution in [0.2, 0.25) is 0 Å². The molecule has 0 aliphatic heterocycles. The molecular weight excluding hydrogens is 182 g/mol. The number of ketones is 1. The fraction of sp³-hybridized carbons (Fsp3) is 0.900. The quantitative estimate of drug-likeness (QED) is 0.600. The first kappa shape index (κ1) is 13.5. The molecule has 0 aromatic heterocycles. The molecule has 2 atom stereocenters. The lowest BCUT2D eigenvalue weighted by Crippen LogP contribution is -3.12. The second kappa shape index (κ2) is 6.92. The van der Waals surface area contributed by atoms with Gasteiger partial charge in [0.1, 0.15) is 12.6 Å². The van der Waals surface area contributed by atoms with Crippen LogP contribution < -0.4 is 5.06 Å². The van der Waals surface area contributed by atoms with Crippen molar-refractivity contribution < 1.29 is 14.6 Å². The number of hydrogen-bond donors (Lipinski definition) is 1. The summed E-state index contributed by atoms with van der Waals surface area (Å²) in [5.41, 5.74) is 0. The van der Waals surface area contributed by atoms with E-state index in [0.717, 1.165) is 0 Å². The molecular formula is C10H21NO3. The van der Waals surface area contributed by atoms with Crippen molar-refractivity contribution in [3.63, 3.8) is 0 Å². The van der Waals surface area contributed by atoms with E-state index < -0.39 is 6.04 Å². The number of Topliss-reactive ketones (excluding diaryl/α,β-unsaturated/α-hetero) is 1. The number of rotatable bonds is 7. The zero-order chi connectivity index (χ0) is 11.1. The second-order valence-corrected chi connectivity index (χ2v) is 3.68. The van der Waals surface area contributed by atoms with Crippen molar-refractivity contribution in [1.82, 2.24) is 0 Å². The molecule has 0 heterocycles. The number of carbonyl (C=O) groups is 1. The van der Waals surface area contributed by atoms with Crippen molar-refractivity contribution in [2.75, 3.05) is 13.2 Å². The number of carbonyl (C=O) groups excluding carboxylic acids is 1. The molecule has 4 nitrogen and oxygen atoms in total. The SMILES string of the molecule is CCC(=O)C(C)[NH+]([O-])CCOC(C)C. The molecule has 0 aliphatic carbocycles. The minimum atomic E-state index is -0.462. The zero-order valence-corrected chi connectivity index (χ0v) is 9.50. The molecule has 0 aromatic rings. The van der Waals surface area contributed by atoms with Gasteiger partial charge < -0.3 is 15.0 Å². The van der Waals surface area contributed by atoms with Gasteiger partial charge in [-0.3, -0.25) is 4.79 Å². The largest absolute Gasteiger partial charge is 0.634 e. The van der Waals surface area contributed by atoms with Gasteiger partial charge >= 0.3 is 0 Å². The van der Waals surface area contributed by atoms with Gasteiger partial charge in [0.15, 0.2) is 5.78 Å². The summed E-state index contributed by atoms with van der Waals surface area (Å²) in [5.74, 6) is 0.0135. The molecule has 0 radical (unpaired) electrons. The van der Waals surface area contributed by atoms with E-state index in [0.29, 0.717) is 19.6 Å². The van der Waals surface area contributed by atoms with Crippen LogP contribution in [0.25, 0.3) is 0 Å². The van der Waals surface area contributed by atoms with Crippen LogP contribution in [0.4, 0.5) is 0 Å². The van der Waals surface area contributed by atoms with Gasteiger partial charge in [-0.25, -0.2) is 0 Å². The lowest BCUT2D eigenvalue weighted by molar-refractivity contribution is -0.863. The van der Waals surface area contributed by atoms with Crippen molar-refractivity contribution >= 4 is 5.78 Å². The van der Waals surface area contributed by atoms with Crippen LogP contribution in [0.5, 0.6) is 0 Å². The van der Waals surface area contributed by atoms with Crippen molar-refractivity contribution in [2.24, 2.45) is 0 Å². The summed E-state index contributed by atoms with van der Waals surface area (Å²) in [4.78, 5) is 11.2. The van der Waals surface area contributed by atoms with Gasteiger partial charge in [0, 0.05) is 6.42 Å². The van der Waals surface area contributed by atoms with E-state index in [9.17, 15) is 10.0 Å². The van der Waals surface area contributed by atoms with E-state index in [4.69, 9.17) is 4.74 Å². The molecule has 0 aliphatic rings. The normalized spacial score (nSPS) is 15.6. The molecule has 0 rings (SSSR count). The van der Waals surface area contributed by atoms with Crippen molar-refractivity contribution in [2.45, 2.75) is 46.3 Å². The highest BCUT2D eigenvalue weighted by atomic mass is 16.5. The predicted molar refractivity (Wildman–Crippen MR) is 55.0 cm³/mol. The van der Waals surface area contributed by atoms with Crippen LogP contribution in [0.3, 0.4) is 0 Å². The molecule has 0 fully saturated rings. The standard InChI is InChI=1S/C10H21NO3/c1-5-10(12)9(4)11(13)6-7-14-8(2)3/h8-9,11H,5-7H2,1-4H3. The monoisotopic (exact) mass is 203 g/mol. The highest BCUT2D eigenvalue weighted by molar-refractivity contribution is 5.81. The number of nitrogens with one attached hydrogen (secondary N) is 1. The first-order valence-electron chi connectivity index (χ1n) is 5.16. The van der Waals surface area contributed by atoms with Crippen LogP contribution in [0.1, 0.15) is 34.1 Å². The van der Waals surface area contributed by atoms with Gasteiger partial charge in [-0.15, -0.1) is 0 Å². The van der Waals surface area contributed by atoms with E-state index in [2.05, 4.69) is 0 Å². The molecule has 1 N–H and O–H groups in total. The fourth-order valence-electron chi connectivity index (χ4n) is 1.10. The van der Waals surface area contributed by atoms with Crippen molar-refractivity contribution in [1.29, 1.82) is 0 Å². The molecule has 2 unspecified atom stereocenters. The summed E-state index contributed by atoms with van der Waals surface area (Å²) < 4.78 is 5.24. The molecule has 4 heteroatoms. The van der Waals surface area contributed by atoms with Crippen LogP contribution in [-0.4, -0.2) is 31.1 Å². The van der Waals surface area contributed by atoms with Gasteiger partial charge in [-0.2, -0.15) is 0 Å². The van der Waals surface area contributed by atoms with Gasteiger partial charge in [-0.1, -0.05) is 6.92 Å². The lowest BCUT2D eigenvalue weighted by Gasteiger charge is -2.27. The van der Waals surface area contributed by atoms with Crippen molar-refractivity contribution in [3.05, 3.63) is 5.21 Å². The Morgan fingerprint density at radius 3 is 2.43 bits per heavy atom. The summed E-state index contributed by atoms with van der Waals surface area (Å²) >= 11 is 0. The fourth-order valence-corrected chi connectivity index (χ4v) is 1.10. The Bertz CT molecular complexity index is 171. The molecule has 84 valence electrons. The van der Waals surface area contributed by atoms with Gasteiger partial charge in [0.05, 0.1) is 12.7 Å². The average molecular weight is 203 g/mol. The van der Waals surface area contributed by atoms with Crippen LogP contribution in [0.15, 0.2) is 0 Å². The summed E-state index contributed by atoms with van der Waals surface area (Å²) in [6, 6.07) is -0.462. The number of hydrogen-bond acceptors (Lipinski definition) is 3. The minimum Gasteiger partial charge on any atom is -0.634 e. The van der Waals surface area contributed by atoms with E-state index >= 15 is 0 Å².